The van der Waals surface area contributed by atoms with Crippen LogP contribution in [-0.2, 0) is 46.6 Å². The Balaban J connectivity index is 0.000000153. The molecule has 21 heteroatoms. The van der Waals surface area contributed by atoms with Crippen LogP contribution in [0.4, 0.5) is 8.78 Å². The van der Waals surface area contributed by atoms with Gasteiger partial charge >= 0.3 is 5.97 Å². The first-order valence-electron chi connectivity index (χ1n) is 25.6. The lowest BCUT2D eigenvalue weighted by Gasteiger charge is -2.29. The number of aryl methyl sites for hydroxylation is 2. The first-order chi connectivity index (χ1) is 36.3. The van der Waals surface area contributed by atoms with E-state index < -0.39 is 47.8 Å². The summed E-state index contributed by atoms with van der Waals surface area (Å²) in [5, 5.41) is 51.6. The molecule has 6 aromatic rings. The number of nitrogens with two attached hydrogens (primary N) is 1. The highest BCUT2D eigenvalue weighted by Gasteiger charge is 2.33. The van der Waals surface area contributed by atoms with Crippen molar-refractivity contribution >= 4 is 45.1 Å². The number of carbonyl (C=O) groups is 2. The lowest BCUT2D eigenvalue weighted by Crippen LogP contribution is -2.49. The Hall–Kier alpha value is -7.04. The maximum Gasteiger partial charge on any atom is 0.358 e. The summed E-state index contributed by atoms with van der Waals surface area (Å²) in [6, 6.07) is 15.4. The van der Waals surface area contributed by atoms with Crippen molar-refractivity contribution in [2.45, 2.75) is 101 Å². The zero-order valence-corrected chi connectivity index (χ0v) is 41.9. The number of nitrogens with zero attached hydrogens (tertiary/aromatic N) is 8. The molecule has 4 aliphatic heterocycles. The third-order valence-corrected chi connectivity index (χ3v) is 14.3. The fraction of sp³-hybridized carbons (Fsp3) is 0.444. The Morgan fingerprint density at radius 1 is 0.707 bits per heavy atom. The predicted octanol–water partition coefficient (Wildman–Crippen LogP) is 5.76. The second kappa shape index (κ2) is 22.4. The average molecular weight is 1040 g/mol. The molecule has 398 valence electrons. The minimum Gasteiger partial charge on any atom is -0.487 e. The van der Waals surface area contributed by atoms with Crippen molar-refractivity contribution in [3.05, 3.63) is 118 Å². The van der Waals surface area contributed by atoms with E-state index in [9.17, 15) is 28.6 Å². The summed E-state index contributed by atoms with van der Waals surface area (Å²) in [6.07, 6.45) is 10.1. The highest BCUT2D eigenvalue weighted by atomic mass is 19.1. The van der Waals surface area contributed by atoms with Gasteiger partial charge in [0.05, 0.1) is 47.8 Å². The van der Waals surface area contributed by atoms with Gasteiger partial charge in [-0.15, -0.1) is 0 Å². The number of fused-ring (bicyclic) bond motifs is 6. The van der Waals surface area contributed by atoms with Crippen molar-refractivity contribution in [3.63, 3.8) is 0 Å². The Morgan fingerprint density at radius 3 is 1.65 bits per heavy atom. The van der Waals surface area contributed by atoms with E-state index in [4.69, 9.17) is 30.0 Å². The topological polar surface area (TPSA) is 237 Å². The lowest BCUT2D eigenvalue weighted by molar-refractivity contribution is -0.129. The maximum atomic E-state index is 14.7. The van der Waals surface area contributed by atoms with Gasteiger partial charge in [0.1, 0.15) is 19.3 Å². The van der Waals surface area contributed by atoms with Gasteiger partial charge in [0.25, 0.3) is 5.91 Å². The molecule has 0 unspecified atom stereocenters. The fourth-order valence-corrected chi connectivity index (χ4v) is 10.0. The van der Waals surface area contributed by atoms with Crippen molar-refractivity contribution in [2.75, 3.05) is 39.3 Å². The van der Waals surface area contributed by atoms with Crippen LogP contribution >= 0.6 is 0 Å². The van der Waals surface area contributed by atoms with Crippen LogP contribution in [0.15, 0.2) is 83.4 Å². The highest BCUT2D eigenvalue weighted by Crippen LogP contribution is 2.33. The summed E-state index contributed by atoms with van der Waals surface area (Å²) in [5.74, 6) is -2.04. The Kier molecular flexibility index (Phi) is 15.4. The van der Waals surface area contributed by atoms with Gasteiger partial charge < -0.3 is 55.3 Å². The van der Waals surface area contributed by atoms with Gasteiger partial charge in [0.2, 0.25) is 0 Å². The molecule has 0 spiro atoms. The van der Waals surface area contributed by atoms with Crippen molar-refractivity contribution < 1.29 is 54.3 Å². The summed E-state index contributed by atoms with van der Waals surface area (Å²) in [5.41, 5.74) is 11.7. The van der Waals surface area contributed by atoms with Gasteiger partial charge in [0.15, 0.2) is 34.6 Å². The quantitative estimate of drug-likeness (QED) is 0.0823. The van der Waals surface area contributed by atoms with Crippen LogP contribution < -0.4 is 20.5 Å². The molecule has 2 aromatic heterocycles. The Morgan fingerprint density at radius 2 is 1.17 bits per heavy atom. The zero-order chi connectivity index (χ0) is 52.3. The highest BCUT2D eigenvalue weighted by molar-refractivity contribution is 6.46. The number of nitrogens with one attached hydrogen (secondary N) is 1. The molecule has 4 atom stereocenters. The number of carbonyl (C=O) groups excluding carboxylic acids is 1. The molecule has 19 nitrogen and oxygen atoms in total. The number of aliphatic hydroxyl groups is 2. The summed E-state index contributed by atoms with van der Waals surface area (Å²) < 4.78 is 43.2. The van der Waals surface area contributed by atoms with Gasteiger partial charge in [-0.05, 0) is 113 Å². The van der Waals surface area contributed by atoms with E-state index in [0.29, 0.717) is 35.3 Å². The van der Waals surface area contributed by atoms with E-state index in [-0.39, 0.29) is 49.8 Å². The summed E-state index contributed by atoms with van der Waals surface area (Å²) in [4.78, 5) is 39.4. The van der Waals surface area contributed by atoms with E-state index in [1.807, 2.05) is 32.3 Å². The summed E-state index contributed by atoms with van der Waals surface area (Å²) in [6.45, 7) is 5.39. The van der Waals surface area contributed by atoms with Crippen molar-refractivity contribution in [2.24, 2.45) is 30.1 Å². The molecule has 75 heavy (non-hydrogen) atoms. The van der Waals surface area contributed by atoms with Crippen LogP contribution in [0.5, 0.6) is 11.5 Å². The van der Waals surface area contributed by atoms with Crippen molar-refractivity contribution in [3.8, 4) is 11.5 Å². The van der Waals surface area contributed by atoms with E-state index in [2.05, 4.69) is 35.6 Å². The van der Waals surface area contributed by atoms with Gasteiger partial charge in [0, 0.05) is 67.7 Å². The number of rotatable bonds is 15. The zero-order valence-electron chi connectivity index (χ0n) is 41.9. The Labute approximate surface area is 432 Å². The largest absolute Gasteiger partial charge is 0.487 e. The molecule has 2 aliphatic carbocycles. The number of aliphatic hydroxyl groups excluding tert-OH is 2. The van der Waals surface area contributed by atoms with Crippen LogP contribution in [0.1, 0.15) is 98.4 Å². The normalized spacial score (nSPS) is 18.9. The van der Waals surface area contributed by atoms with Gasteiger partial charge in [-0.3, -0.25) is 14.2 Å². The first kappa shape index (κ1) is 51.4. The van der Waals surface area contributed by atoms with Crippen LogP contribution in [0, 0.1) is 11.6 Å². The van der Waals surface area contributed by atoms with Crippen molar-refractivity contribution in [1.82, 2.24) is 34.7 Å². The molecule has 1 amide bonds. The number of aromatic nitrogens is 4. The number of amides is 1. The van der Waals surface area contributed by atoms with Crippen LogP contribution in [0.2, 0.25) is 0 Å². The number of hydrogen-bond acceptors (Lipinski definition) is 15. The molecule has 12 rings (SSSR count). The number of aliphatic carboxylic acids is 1. The molecule has 6 aliphatic rings. The monoisotopic (exact) mass is 1040 g/mol. The second-order valence-electron chi connectivity index (χ2n) is 20.0. The number of hydrogen-bond donors (Lipinski definition) is 5. The molecular weight excluding hydrogens is 971 g/mol. The number of carboxylic acids is 1. The number of oxime groups is 2. The third-order valence-electron chi connectivity index (χ3n) is 14.3. The maximum absolute atomic E-state index is 14.7. The molecule has 2 saturated carbocycles. The standard InChI is InChI=1S/C27H30FN5O4.C16H23FN2O2.C11H9N3O3.H2/c1-32-25-17(13-29-32)4-8-19-20(25)15-36-31-24(19)27(35)30-22(14-33-10-2-3-11-33)26(34)16-5-9-23(21(28)12-16)37-18-6-7-18;17-13-9-11(3-6-15(13)21-12-4-5-12)16(20)14(18)10-19-7-1-2-8-19;1-14-10-6(4-12-14)2-3-7-8(10)5-17-13-9(7)11(15)16;/h4-5,8-9,12-13,18,22,26,34H,2-3,6-7,10-11,14-15H2,1H3,(H,30,35);3,6,9,12,14,16,20H,1-2,4-5,7-8,10,18H2;2-4H,5H2,1H3,(H,15,16);1H/t22-,26-;14-,16-;;/m11../s1/i;;;1+1. The molecule has 6 N–H and O–H groups in total. The number of ether oxygens (including phenoxy) is 2. The minimum absolute atomic E-state index is 0. The molecule has 0 radical (unpaired) electrons. The molecular formula is C54H64F2N10O9. The van der Waals surface area contributed by atoms with Gasteiger partial charge in [-0.25, -0.2) is 13.6 Å². The SMILES string of the molecule is Cn1ncc2ccc3c(c21)CON=C3C(=O)N[C@H](CN1CCCC1)[C@H](O)c1ccc(OC2CC2)c(F)c1.Cn1ncc2ccc3c(c21)CON=C3C(=O)O.N[C@H](CN1CCCC1)[C@H](O)c1ccc(OC2CC2)c(F)c1.[2HH]. The van der Waals surface area contributed by atoms with Crippen molar-refractivity contribution in [1.29, 1.82) is 0 Å². The second-order valence-corrected chi connectivity index (χ2v) is 20.0. The predicted molar refractivity (Wildman–Crippen MR) is 275 cm³/mol. The van der Waals surface area contributed by atoms with Gasteiger partial charge in [-0.2, -0.15) is 10.2 Å². The lowest BCUT2D eigenvalue weighted by atomic mass is 9.97. The first-order valence-corrected chi connectivity index (χ1v) is 25.6. The fourth-order valence-electron chi connectivity index (χ4n) is 10.0. The van der Waals surface area contributed by atoms with Gasteiger partial charge in [-0.1, -0.05) is 46.7 Å². The molecule has 0 bridgehead atoms. The smallest absolute Gasteiger partial charge is 0.358 e. The molecule has 2 saturated heterocycles. The van der Waals surface area contributed by atoms with E-state index in [1.54, 1.807) is 52.1 Å². The summed E-state index contributed by atoms with van der Waals surface area (Å²) >= 11 is 0. The number of likely N-dealkylation sites (tertiary alicyclic amines) is 2. The minimum atomic E-state index is -1.13. The average Bonchev–Trinajstić information content (AvgIpc) is 4.19. The van der Waals surface area contributed by atoms with E-state index in [1.165, 1.54) is 25.0 Å². The van der Waals surface area contributed by atoms with E-state index >= 15 is 0 Å². The molecule has 6 heterocycles. The Bertz CT molecular complexity index is 3130. The van der Waals surface area contributed by atoms with Crippen LogP contribution in [-0.4, -0.2) is 132 Å². The number of halogens is 2. The number of carboxylic acid groups (broad SMARTS) is 1. The van der Waals surface area contributed by atoms with Crippen LogP contribution in [0.25, 0.3) is 21.8 Å². The third kappa shape index (κ3) is 11.8. The molecule has 4 fully saturated rings. The van der Waals surface area contributed by atoms with E-state index in [0.717, 1.165) is 97.6 Å². The van der Waals surface area contributed by atoms with Crippen LogP contribution in [0.3, 0.4) is 0 Å². The summed E-state index contributed by atoms with van der Waals surface area (Å²) in [7, 11) is 3.66. The number of benzene rings is 4. The molecule has 4 aromatic carbocycles.